The van der Waals surface area contributed by atoms with Gasteiger partial charge in [-0.15, -0.1) is 0 Å². The molecule has 0 unspecified atom stereocenters. The lowest BCUT2D eigenvalue weighted by Gasteiger charge is -2.37. The van der Waals surface area contributed by atoms with Gasteiger partial charge in [0.05, 0.1) is 17.5 Å². The molecule has 18 heavy (non-hydrogen) atoms. The number of aliphatic hydroxyl groups is 1. The van der Waals surface area contributed by atoms with Crippen LogP contribution in [0.2, 0.25) is 0 Å². The zero-order chi connectivity index (χ0) is 14.0. The van der Waals surface area contributed by atoms with E-state index in [-0.39, 0.29) is 5.91 Å². The molecular formula is C12H22N4O2. The van der Waals surface area contributed by atoms with Crippen molar-refractivity contribution in [2.24, 2.45) is 5.73 Å². The summed E-state index contributed by atoms with van der Waals surface area (Å²) in [6.45, 7) is 7.95. The van der Waals surface area contributed by atoms with E-state index in [2.05, 4.69) is 10.3 Å². The number of hydrogen-bond acceptors (Lipinski definition) is 4. The highest BCUT2D eigenvalue weighted by atomic mass is 16.3. The molecule has 0 spiro atoms. The molecule has 0 radical (unpaired) electrons. The van der Waals surface area contributed by atoms with Crippen molar-refractivity contribution >= 4 is 5.91 Å². The second kappa shape index (κ2) is 5.07. The van der Waals surface area contributed by atoms with Gasteiger partial charge in [-0.05, 0) is 27.7 Å². The Morgan fingerprint density at radius 2 is 2.11 bits per heavy atom. The van der Waals surface area contributed by atoms with Crippen LogP contribution in [0.5, 0.6) is 0 Å². The van der Waals surface area contributed by atoms with Crippen molar-refractivity contribution in [3.63, 3.8) is 0 Å². The zero-order valence-electron chi connectivity index (χ0n) is 11.4. The maximum absolute atomic E-state index is 12.0. The van der Waals surface area contributed by atoms with E-state index in [1.54, 1.807) is 44.8 Å². The predicted molar refractivity (Wildman–Crippen MR) is 69.1 cm³/mol. The number of imidazole rings is 1. The fourth-order valence-corrected chi connectivity index (χ4v) is 1.25. The van der Waals surface area contributed by atoms with Crippen LogP contribution < -0.4 is 11.1 Å². The molecule has 6 heteroatoms. The van der Waals surface area contributed by atoms with Gasteiger partial charge in [0.2, 0.25) is 0 Å². The van der Waals surface area contributed by atoms with E-state index in [0.29, 0.717) is 18.8 Å². The average Bonchev–Trinajstić information content (AvgIpc) is 2.64. The number of carbonyl (C=O) groups is 1. The molecule has 0 atom stereocenters. The van der Waals surface area contributed by atoms with E-state index >= 15 is 0 Å². The van der Waals surface area contributed by atoms with Gasteiger partial charge in [0.25, 0.3) is 5.91 Å². The molecule has 0 aromatic carbocycles. The van der Waals surface area contributed by atoms with Gasteiger partial charge in [0, 0.05) is 19.3 Å². The molecule has 4 N–H and O–H groups in total. The minimum absolute atomic E-state index is 0.308. The number of hydrogen-bond donors (Lipinski definition) is 3. The van der Waals surface area contributed by atoms with Crippen molar-refractivity contribution in [2.75, 3.05) is 6.54 Å². The van der Waals surface area contributed by atoms with Crippen molar-refractivity contribution in [3.8, 4) is 0 Å². The van der Waals surface area contributed by atoms with E-state index in [4.69, 9.17) is 5.73 Å². The second-order valence-electron chi connectivity index (χ2n) is 5.42. The number of amides is 1. The van der Waals surface area contributed by atoms with Crippen LogP contribution in [-0.2, 0) is 6.54 Å². The van der Waals surface area contributed by atoms with Crippen LogP contribution in [-0.4, -0.2) is 38.2 Å². The lowest BCUT2D eigenvalue weighted by molar-refractivity contribution is -0.00301. The first-order valence-electron chi connectivity index (χ1n) is 5.94. The van der Waals surface area contributed by atoms with E-state index in [1.807, 2.05) is 0 Å². The Morgan fingerprint density at radius 3 is 2.61 bits per heavy atom. The molecule has 0 saturated carbocycles. The van der Waals surface area contributed by atoms with Gasteiger partial charge in [-0.1, -0.05) is 0 Å². The Balaban J connectivity index is 2.76. The number of nitrogens with one attached hydrogen (secondary N) is 1. The summed E-state index contributed by atoms with van der Waals surface area (Å²) >= 11 is 0. The van der Waals surface area contributed by atoms with E-state index in [9.17, 15) is 9.90 Å². The zero-order valence-corrected chi connectivity index (χ0v) is 11.4. The highest BCUT2D eigenvalue weighted by molar-refractivity contribution is 5.92. The molecule has 0 aliphatic rings. The fourth-order valence-electron chi connectivity index (χ4n) is 1.25. The molecule has 0 saturated heterocycles. The van der Waals surface area contributed by atoms with Crippen LogP contribution in [0.25, 0.3) is 0 Å². The Labute approximate surface area is 107 Å². The molecule has 0 aliphatic carbocycles. The van der Waals surface area contributed by atoms with E-state index < -0.39 is 11.1 Å². The molecule has 102 valence electrons. The molecule has 1 aromatic rings. The summed E-state index contributed by atoms with van der Waals surface area (Å²) in [5.41, 5.74) is 3.97. The third kappa shape index (κ3) is 3.30. The lowest BCUT2D eigenvalue weighted by atomic mass is 9.86. The van der Waals surface area contributed by atoms with Crippen LogP contribution in [0, 0.1) is 0 Å². The highest BCUT2D eigenvalue weighted by Gasteiger charge is 2.36. The van der Waals surface area contributed by atoms with Crippen LogP contribution in [0.3, 0.4) is 0 Å². The fraction of sp³-hybridized carbons (Fsp3) is 0.667. The summed E-state index contributed by atoms with van der Waals surface area (Å²) < 4.78 is 1.76. The van der Waals surface area contributed by atoms with Gasteiger partial charge in [-0.2, -0.15) is 0 Å². The number of nitrogens with two attached hydrogens (primary N) is 1. The Bertz CT molecular complexity index is 418. The second-order valence-corrected chi connectivity index (χ2v) is 5.42. The van der Waals surface area contributed by atoms with Crippen molar-refractivity contribution in [1.29, 1.82) is 0 Å². The van der Waals surface area contributed by atoms with Crippen molar-refractivity contribution < 1.29 is 9.90 Å². The SMILES string of the molecule is CC(C)(O)C(C)(C)NC(=O)c1cn(CCN)cn1. The van der Waals surface area contributed by atoms with Crippen LogP contribution in [0.1, 0.15) is 38.2 Å². The Hall–Kier alpha value is -1.40. The molecule has 1 aromatic heterocycles. The van der Waals surface area contributed by atoms with Crippen LogP contribution >= 0.6 is 0 Å². The van der Waals surface area contributed by atoms with Gasteiger partial charge < -0.3 is 20.7 Å². The molecular weight excluding hydrogens is 232 g/mol. The third-order valence-corrected chi connectivity index (χ3v) is 3.21. The number of rotatable bonds is 5. The van der Waals surface area contributed by atoms with Crippen molar-refractivity contribution in [3.05, 3.63) is 18.2 Å². The molecule has 1 rings (SSSR count). The van der Waals surface area contributed by atoms with Gasteiger partial charge in [-0.25, -0.2) is 4.98 Å². The third-order valence-electron chi connectivity index (χ3n) is 3.21. The Kier molecular flexibility index (Phi) is 4.13. The number of aromatic nitrogens is 2. The summed E-state index contributed by atoms with van der Waals surface area (Å²) in [7, 11) is 0. The topological polar surface area (TPSA) is 93.2 Å². The molecule has 1 heterocycles. The van der Waals surface area contributed by atoms with Gasteiger partial charge in [0.1, 0.15) is 5.69 Å². The molecule has 0 bridgehead atoms. The predicted octanol–water partition coefficient (Wildman–Crippen LogP) is 0.121. The first kappa shape index (κ1) is 14.7. The number of carbonyl (C=O) groups excluding carboxylic acids is 1. The quantitative estimate of drug-likeness (QED) is 0.696. The van der Waals surface area contributed by atoms with Crippen molar-refractivity contribution in [2.45, 2.75) is 45.4 Å². The largest absolute Gasteiger partial charge is 0.388 e. The smallest absolute Gasteiger partial charge is 0.271 e. The standard InChI is InChI=1S/C12H22N4O2/c1-11(2,12(3,4)18)15-10(17)9-7-16(6-5-13)8-14-9/h7-8,18H,5-6,13H2,1-4H3,(H,15,17). The first-order valence-corrected chi connectivity index (χ1v) is 5.94. The van der Waals surface area contributed by atoms with Crippen LogP contribution in [0.15, 0.2) is 12.5 Å². The minimum atomic E-state index is -1.03. The monoisotopic (exact) mass is 254 g/mol. The molecule has 6 nitrogen and oxygen atoms in total. The average molecular weight is 254 g/mol. The Morgan fingerprint density at radius 1 is 1.50 bits per heavy atom. The number of nitrogens with zero attached hydrogens (tertiary/aromatic N) is 2. The molecule has 0 aliphatic heterocycles. The summed E-state index contributed by atoms with van der Waals surface area (Å²) in [6, 6.07) is 0. The summed E-state index contributed by atoms with van der Waals surface area (Å²) in [4.78, 5) is 16.0. The summed E-state index contributed by atoms with van der Waals surface area (Å²) in [5, 5.41) is 12.7. The van der Waals surface area contributed by atoms with Crippen molar-refractivity contribution in [1.82, 2.24) is 14.9 Å². The first-order chi connectivity index (χ1) is 8.17. The van der Waals surface area contributed by atoms with Gasteiger partial charge >= 0.3 is 0 Å². The lowest BCUT2D eigenvalue weighted by Crippen LogP contribution is -2.57. The highest BCUT2D eigenvalue weighted by Crippen LogP contribution is 2.20. The van der Waals surface area contributed by atoms with E-state index in [0.717, 1.165) is 0 Å². The maximum atomic E-state index is 12.0. The normalized spacial score (nSPS) is 12.6. The minimum Gasteiger partial charge on any atom is -0.388 e. The summed E-state index contributed by atoms with van der Waals surface area (Å²) in [6.07, 6.45) is 3.21. The van der Waals surface area contributed by atoms with Gasteiger partial charge in [-0.3, -0.25) is 4.79 Å². The maximum Gasteiger partial charge on any atom is 0.271 e. The molecule has 0 fully saturated rings. The summed E-state index contributed by atoms with van der Waals surface area (Å²) in [5.74, 6) is -0.308. The van der Waals surface area contributed by atoms with E-state index in [1.165, 1.54) is 0 Å². The molecule has 1 amide bonds. The van der Waals surface area contributed by atoms with Gasteiger partial charge in [0.15, 0.2) is 0 Å². The van der Waals surface area contributed by atoms with Crippen LogP contribution in [0.4, 0.5) is 0 Å².